The van der Waals surface area contributed by atoms with Gasteiger partial charge >= 0.3 is 0 Å². The Bertz CT molecular complexity index is 1180. The lowest BCUT2D eigenvalue weighted by atomic mass is 10.1. The first kappa shape index (κ1) is 21.6. The molecular formula is C23H25N3O6. The Morgan fingerprint density at radius 2 is 1.78 bits per heavy atom. The fourth-order valence-electron chi connectivity index (χ4n) is 4.05. The number of hydrogen-bond donors (Lipinski definition) is 2. The average Bonchev–Trinajstić information content (AvgIpc) is 2.80. The number of aromatic hydroxyl groups is 2. The number of nitro groups is 1. The van der Waals surface area contributed by atoms with Gasteiger partial charge in [0.1, 0.15) is 5.58 Å². The maximum atomic E-state index is 12.6. The van der Waals surface area contributed by atoms with Gasteiger partial charge in [-0.1, -0.05) is 6.07 Å². The van der Waals surface area contributed by atoms with Crippen molar-refractivity contribution in [2.75, 3.05) is 37.6 Å². The number of anilines is 1. The molecule has 0 saturated carbocycles. The van der Waals surface area contributed by atoms with Crippen LogP contribution >= 0.6 is 0 Å². The molecule has 168 valence electrons. The van der Waals surface area contributed by atoms with Crippen molar-refractivity contribution in [1.29, 1.82) is 0 Å². The molecule has 0 aliphatic carbocycles. The van der Waals surface area contributed by atoms with Crippen LogP contribution in [0.25, 0.3) is 11.0 Å². The van der Waals surface area contributed by atoms with Crippen LogP contribution in [-0.4, -0.2) is 52.8 Å². The van der Waals surface area contributed by atoms with E-state index in [1.165, 1.54) is 24.5 Å². The zero-order chi connectivity index (χ0) is 22.7. The summed E-state index contributed by atoms with van der Waals surface area (Å²) >= 11 is 0. The quantitative estimate of drug-likeness (QED) is 0.249. The number of non-ortho nitro benzene ring substituents is 1. The molecule has 2 heterocycles. The van der Waals surface area contributed by atoms with Gasteiger partial charge in [-0.3, -0.25) is 19.8 Å². The maximum Gasteiger partial charge on any atom is 0.271 e. The van der Waals surface area contributed by atoms with Crippen molar-refractivity contribution in [2.24, 2.45) is 0 Å². The minimum absolute atomic E-state index is 0.107. The molecule has 1 fully saturated rings. The lowest BCUT2D eigenvalue weighted by Crippen LogP contribution is -2.46. The van der Waals surface area contributed by atoms with E-state index in [0.29, 0.717) is 12.0 Å². The van der Waals surface area contributed by atoms with Gasteiger partial charge in [-0.15, -0.1) is 0 Å². The molecule has 32 heavy (non-hydrogen) atoms. The minimum atomic E-state index is -0.373. The van der Waals surface area contributed by atoms with E-state index in [4.69, 9.17) is 4.42 Å². The van der Waals surface area contributed by atoms with Gasteiger partial charge in [0, 0.05) is 55.6 Å². The standard InChI is InChI=1S/C23H25N3O6/c27-20-13-19-22(14-21(20)28)32-15-16(23(19)29)4-1-2-7-24-8-10-25(11-9-24)17-5-3-6-18(12-17)26(30)31/h3,5-6,12-15,27-28H,1-2,4,7-11H2. The highest BCUT2D eigenvalue weighted by Crippen LogP contribution is 2.29. The molecule has 0 amide bonds. The van der Waals surface area contributed by atoms with Gasteiger partial charge in [0.2, 0.25) is 0 Å². The summed E-state index contributed by atoms with van der Waals surface area (Å²) in [4.78, 5) is 27.7. The molecule has 0 bridgehead atoms. The summed E-state index contributed by atoms with van der Waals surface area (Å²) < 4.78 is 5.45. The fourth-order valence-corrected chi connectivity index (χ4v) is 4.05. The maximum absolute atomic E-state index is 12.6. The zero-order valence-corrected chi connectivity index (χ0v) is 17.6. The number of phenolic OH excluding ortho intramolecular Hbond substituents is 2. The highest BCUT2D eigenvalue weighted by molar-refractivity contribution is 5.80. The molecule has 9 heteroatoms. The van der Waals surface area contributed by atoms with Crippen LogP contribution in [0.4, 0.5) is 11.4 Å². The van der Waals surface area contributed by atoms with Crippen molar-refractivity contribution < 1.29 is 19.6 Å². The number of nitro benzene ring substituents is 1. The third kappa shape index (κ3) is 4.67. The number of nitrogens with zero attached hydrogens (tertiary/aromatic N) is 3. The number of hydrogen-bond acceptors (Lipinski definition) is 8. The molecule has 9 nitrogen and oxygen atoms in total. The predicted octanol–water partition coefficient (Wildman–Crippen LogP) is 3.26. The number of rotatable bonds is 7. The van der Waals surface area contributed by atoms with Crippen LogP contribution in [0.1, 0.15) is 18.4 Å². The first-order valence-corrected chi connectivity index (χ1v) is 10.6. The predicted molar refractivity (Wildman–Crippen MR) is 121 cm³/mol. The second kappa shape index (κ2) is 9.27. The third-order valence-electron chi connectivity index (χ3n) is 5.89. The second-order valence-electron chi connectivity index (χ2n) is 7.99. The molecule has 1 aliphatic rings. The van der Waals surface area contributed by atoms with Crippen molar-refractivity contribution in [3.8, 4) is 11.5 Å². The average molecular weight is 439 g/mol. The summed E-state index contributed by atoms with van der Waals surface area (Å²) in [5.41, 5.74) is 1.59. The molecule has 1 aromatic heterocycles. The Balaban J connectivity index is 1.26. The Labute approximate surface area is 184 Å². The van der Waals surface area contributed by atoms with Crippen LogP contribution in [0.2, 0.25) is 0 Å². The second-order valence-corrected chi connectivity index (χ2v) is 7.99. The van der Waals surface area contributed by atoms with Gasteiger partial charge in [-0.05, 0) is 37.9 Å². The monoisotopic (exact) mass is 439 g/mol. The van der Waals surface area contributed by atoms with Crippen molar-refractivity contribution in [1.82, 2.24) is 4.90 Å². The van der Waals surface area contributed by atoms with Crippen LogP contribution in [0.3, 0.4) is 0 Å². The number of fused-ring (bicyclic) bond motifs is 1. The Morgan fingerprint density at radius 1 is 1.03 bits per heavy atom. The third-order valence-corrected chi connectivity index (χ3v) is 5.89. The van der Waals surface area contributed by atoms with Crippen LogP contribution in [0, 0.1) is 10.1 Å². The van der Waals surface area contributed by atoms with Gasteiger partial charge < -0.3 is 19.5 Å². The van der Waals surface area contributed by atoms with Crippen LogP contribution in [0.5, 0.6) is 11.5 Å². The molecule has 0 atom stereocenters. The van der Waals surface area contributed by atoms with Crippen molar-refractivity contribution in [3.05, 3.63) is 68.6 Å². The topological polar surface area (TPSA) is 120 Å². The number of aryl methyl sites for hydroxylation is 1. The summed E-state index contributed by atoms with van der Waals surface area (Å²) in [6.07, 6.45) is 3.76. The fraction of sp³-hybridized carbons (Fsp3) is 0.348. The van der Waals surface area contributed by atoms with Gasteiger partial charge in [0.05, 0.1) is 16.6 Å². The van der Waals surface area contributed by atoms with Crippen molar-refractivity contribution in [2.45, 2.75) is 19.3 Å². The zero-order valence-electron chi connectivity index (χ0n) is 17.6. The van der Waals surface area contributed by atoms with Crippen molar-refractivity contribution >= 4 is 22.3 Å². The molecule has 0 spiro atoms. The minimum Gasteiger partial charge on any atom is -0.504 e. The van der Waals surface area contributed by atoms with E-state index in [9.17, 15) is 25.1 Å². The molecule has 2 N–H and O–H groups in total. The normalized spacial score (nSPS) is 14.7. The molecule has 3 aromatic rings. The summed E-state index contributed by atoms with van der Waals surface area (Å²) in [5.74, 6) is -0.662. The lowest BCUT2D eigenvalue weighted by molar-refractivity contribution is -0.384. The molecule has 1 aliphatic heterocycles. The largest absolute Gasteiger partial charge is 0.504 e. The number of phenols is 2. The van der Waals surface area contributed by atoms with Crippen LogP contribution < -0.4 is 10.3 Å². The van der Waals surface area contributed by atoms with Crippen molar-refractivity contribution in [3.63, 3.8) is 0 Å². The smallest absolute Gasteiger partial charge is 0.271 e. The molecule has 0 radical (unpaired) electrons. The Morgan fingerprint density at radius 3 is 2.53 bits per heavy atom. The van der Waals surface area contributed by atoms with Gasteiger partial charge in [-0.25, -0.2) is 0 Å². The molecule has 0 unspecified atom stereocenters. The van der Waals surface area contributed by atoms with E-state index in [-0.39, 0.29) is 38.5 Å². The summed E-state index contributed by atoms with van der Waals surface area (Å²) in [6, 6.07) is 9.21. The van der Waals surface area contributed by atoms with Gasteiger partial charge in [0.15, 0.2) is 16.9 Å². The van der Waals surface area contributed by atoms with E-state index in [2.05, 4.69) is 9.80 Å². The van der Waals surface area contributed by atoms with E-state index in [1.54, 1.807) is 12.1 Å². The Hall–Kier alpha value is -3.59. The highest BCUT2D eigenvalue weighted by Gasteiger charge is 2.18. The van der Waals surface area contributed by atoms with Crippen LogP contribution in [0.15, 0.2) is 51.9 Å². The van der Waals surface area contributed by atoms with E-state index in [0.717, 1.165) is 51.3 Å². The Kier molecular flexibility index (Phi) is 6.27. The number of unbranched alkanes of at least 4 members (excludes halogenated alkanes) is 1. The summed E-state index contributed by atoms with van der Waals surface area (Å²) in [5, 5.41) is 30.4. The molecular weight excluding hydrogens is 414 g/mol. The summed E-state index contributed by atoms with van der Waals surface area (Å²) in [7, 11) is 0. The van der Waals surface area contributed by atoms with E-state index in [1.807, 2.05) is 6.07 Å². The first-order valence-electron chi connectivity index (χ1n) is 10.6. The first-order chi connectivity index (χ1) is 15.4. The van der Waals surface area contributed by atoms with Gasteiger partial charge in [-0.2, -0.15) is 0 Å². The summed E-state index contributed by atoms with van der Waals surface area (Å²) in [6.45, 7) is 4.29. The van der Waals surface area contributed by atoms with Crippen LogP contribution in [-0.2, 0) is 6.42 Å². The number of piperazine rings is 1. The number of benzene rings is 2. The lowest BCUT2D eigenvalue weighted by Gasteiger charge is -2.36. The molecule has 2 aromatic carbocycles. The SMILES string of the molecule is O=c1c(CCCCN2CCN(c3cccc([N+](=O)[O-])c3)CC2)coc2cc(O)c(O)cc12. The van der Waals surface area contributed by atoms with Gasteiger partial charge in [0.25, 0.3) is 5.69 Å². The molecule has 1 saturated heterocycles. The van der Waals surface area contributed by atoms with E-state index < -0.39 is 0 Å². The van der Waals surface area contributed by atoms with E-state index >= 15 is 0 Å². The highest BCUT2D eigenvalue weighted by atomic mass is 16.6. The molecule has 4 rings (SSSR count).